The van der Waals surface area contributed by atoms with Gasteiger partial charge >= 0.3 is 0 Å². The van der Waals surface area contributed by atoms with Gasteiger partial charge in [0.15, 0.2) is 0 Å². The number of hydrogen-bond acceptors (Lipinski definition) is 4. The number of carbonyl (C=O) groups excluding carboxylic acids is 2. The van der Waals surface area contributed by atoms with Crippen LogP contribution in [-0.2, 0) is 0 Å². The molecule has 0 fully saturated rings. The third-order valence-corrected chi connectivity index (χ3v) is 3.82. The number of rotatable bonds is 8. The Kier molecular flexibility index (Phi) is 7.14. The third-order valence-electron chi connectivity index (χ3n) is 3.82. The predicted molar refractivity (Wildman–Crippen MR) is 102 cm³/mol. The molecule has 2 amide bonds. The number of pyridine rings is 1. The highest BCUT2D eigenvalue weighted by atomic mass is 16.5. The van der Waals surface area contributed by atoms with Crippen LogP contribution in [0.15, 0.2) is 42.5 Å². The summed E-state index contributed by atoms with van der Waals surface area (Å²) in [7, 11) is 1.74. The zero-order chi connectivity index (χ0) is 18.9. The Bertz CT molecular complexity index is 744. The first-order valence-electron chi connectivity index (χ1n) is 8.81. The van der Waals surface area contributed by atoms with Gasteiger partial charge in [0.2, 0.25) is 0 Å². The molecule has 0 spiro atoms. The van der Waals surface area contributed by atoms with E-state index in [2.05, 4.69) is 17.2 Å². The fraction of sp³-hybridized carbons (Fsp3) is 0.350. The number of aromatic nitrogens is 1. The van der Waals surface area contributed by atoms with Gasteiger partial charge in [0.1, 0.15) is 17.1 Å². The number of ether oxygens (including phenoxy) is 1. The highest BCUT2D eigenvalue weighted by Gasteiger charge is 2.15. The van der Waals surface area contributed by atoms with Crippen molar-refractivity contribution in [1.29, 1.82) is 0 Å². The fourth-order valence-corrected chi connectivity index (χ4v) is 2.37. The van der Waals surface area contributed by atoms with Crippen LogP contribution in [0.1, 0.15) is 47.7 Å². The molecular formula is C20H25N3O3. The van der Waals surface area contributed by atoms with Crippen molar-refractivity contribution in [2.45, 2.75) is 26.7 Å². The maximum absolute atomic E-state index is 12.4. The average Bonchev–Trinajstić information content (AvgIpc) is 2.67. The van der Waals surface area contributed by atoms with Gasteiger partial charge in [-0.15, -0.1) is 0 Å². The third kappa shape index (κ3) is 5.31. The maximum atomic E-state index is 12.4. The molecule has 1 aromatic carbocycles. The predicted octanol–water partition coefficient (Wildman–Crippen LogP) is 3.60. The standard InChI is InChI=1S/C20H25N3O3/c1-4-6-14-23(3)20(25)18-9-7-8-17(22-18)19(24)21-15-10-12-16(13-11-15)26-5-2/h7-13H,4-6,14H2,1-3H3,(H,21,24). The molecule has 1 N–H and O–H groups in total. The number of benzene rings is 1. The van der Waals surface area contributed by atoms with Gasteiger partial charge in [0.25, 0.3) is 11.8 Å². The van der Waals surface area contributed by atoms with Crippen molar-refractivity contribution in [1.82, 2.24) is 9.88 Å². The quantitative estimate of drug-likeness (QED) is 0.785. The summed E-state index contributed by atoms with van der Waals surface area (Å²) in [5.41, 5.74) is 1.11. The molecule has 0 aliphatic rings. The smallest absolute Gasteiger partial charge is 0.274 e. The first-order chi connectivity index (χ1) is 12.5. The van der Waals surface area contributed by atoms with Crippen LogP contribution in [0, 0.1) is 0 Å². The number of nitrogens with zero attached hydrogens (tertiary/aromatic N) is 2. The lowest BCUT2D eigenvalue weighted by atomic mass is 10.2. The van der Waals surface area contributed by atoms with Crippen LogP contribution in [0.3, 0.4) is 0 Å². The first kappa shape index (κ1) is 19.4. The van der Waals surface area contributed by atoms with Crippen molar-refractivity contribution < 1.29 is 14.3 Å². The van der Waals surface area contributed by atoms with E-state index in [4.69, 9.17) is 4.74 Å². The summed E-state index contributed by atoms with van der Waals surface area (Å²) in [4.78, 5) is 30.7. The summed E-state index contributed by atoms with van der Waals surface area (Å²) in [5, 5.41) is 2.78. The van der Waals surface area contributed by atoms with E-state index in [9.17, 15) is 9.59 Å². The second-order valence-corrected chi connectivity index (χ2v) is 5.90. The molecule has 0 radical (unpaired) electrons. The molecule has 2 aromatic rings. The van der Waals surface area contributed by atoms with Crippen molar-refractivity contribution in [2.75, 3.05) is 25.5 Å². The van der Waals surface area contributed by atoms with Crippen LogP contribution in [0.2, 0.25) is 0 Å². The Balaban J connectivity index is 2.06. The summed E-state index contributed by atoms with van der Waals surface area (Å²) in [6, 6.07) is 12.0. The van der Waals surface area contributed by atoms with Crippen molar-refractivity contribution in [3.8, 4) is 5.75 Å². The van der Waals surface area contributed by atoms with Gasteiger partial charge in [-0.05, 0) is 49.7 Å². The molecule has 6 nitrogen and oxygen atoms in total. The van der Waals surface area contributed by atoms with E-state index >= 15 is 0 Å². The zero-order valence-electron chi connectivity index (χ0n) is 15.5. The van der Waals surface area contributed by atoms with Crippen LogP contribution in [-0.4, -0.2) is 41.9 Å². The average molecular weight is 355 g/mol. The molecule has 0 atom stereocenters. The monoisotopic (exact) mass is 355 g/mol. The van der Waals surface area contributed by atoms with Gasteiger partial charge in [-0.1, -0.05) is 19.4 Å². The second-order valence-electron chi connectivity index (χ2n) is 5.90. The molecule has 26 heavy (non-hydrogen) atoms. The van der Waals surface area contributed by atoms with E-state index in [1.54, 1.807) is 54.4 Å². The molecule has 0 bridgehead atoms. The maximum Gasteiger partial charge on any atom is 0.274 e. The van der Waals surface area contributed by atoms with Gasteiger partial charge in [0, 0.05) is 19.3 Å². The van der Waals surface area contributed by atoms with E-state index < -0.39 is 0 Å². The van der Waals surface area contributed by atoms with Crippen molar-refractivity contribution in [2.24, 2.45) is 0 Å². The highest BCUT2D eigenvalue weighted by molar-refractivity contribution is 6.03. The fourth-order valence-electron chi connectivity index (χ4n) is 2.37. The normalized spacial score (nSPS) is 10.3. The Morgan fingerprint density at radius 2 is 1.77 bits per heavy atom. The summed E-state index contributed by atoms with van der Waals surface area (Å²) in [6.45, 7) is 5.24. The molecule has 0 aliphatic heterocycles. The van der Waals surface area contributed by atoms with E-state index in [0.29, 0.717) is 18.8 Å². The minimum atomic E-state index is -0.361. The summed E-state index contributed by atoms with van der Waals surface area (Å²) < 4.78 is 5.38. The van der Waals surface area contributed by atoms with Crippen LogP contribution < -0.4 is 10.1 Å². The van der Waals surface area contributed by atoms with E-state index in [1.807, 2.05) is 6.92 Å². The molecule has 138 valence electrons. The lowest BCUT2D eigenvalue weighted by molar-refractivity contribution is 0.0787. The van der Waals surface area contributed by atoms with Gasteiger partial charge in [-0.25, -0.2) is 4.98 Å². The zero-order valence-corrected chi connectivity index (χ0v) is 15.5. The topological polar surface area (TPSA) is 71.5 Å². The first-order valence-corrected chi connectivity index (χ1v) is 8.81. The Hall–Kier alpha value is -2.89. The molecule has 1 heterocycles. The molecule has 0 saturated heterocycles. The van der Waals surface area contributed by atoms with Gasteiger partial charge in [-0.2, -0.15) is 0 Å². The molecular weight excluding hydrogens is 330 g/mol. The van der Waals surface area contributed by atoms with Gasteiger partial charge in [-0.3, -0.25) is 9.59 Å². The second kappa shape index (κ2) is 9.56. The molecule has 0 aliphatic carbocycles. The molecule has 2 rings (SSSR count). The SMILES string of the molecule is CCCCN(C)C(=O)c1cccc(C(=O)Nc2ccc(OCC)cc2)n1. The summed E-state index contributed by atoms with van der Waals surface area (Å²) in [5.74, 6) is 0.195. The van der Waals surface area contributed by atoms with Crippen molar-refractivity contribution in [3.05, 3.63) is 53.9 Å². The lowest BCUT2D eigenvalue weighted by Crippen LogP contribution is -2.29. The van der Waals surface area contributed by atoms with Gasteiger partial charge in [0.05, 0.1) is 6.61 Å². The highest BCUT2D eigenvalue weighted by Crippen LogP contribution is 2.16. The molecule has 6 heteroatoms. The van der Waals surface area contributed by atoms with Gasteiger partial charge < -0.3 is 15.0 Å². The van der Waals surface area contributed by atoms with E-state index in [0.717, 1.165) is 18.6 Å². The largest absolute Gasteiger partial charge is 0.494 e. The molecule has 1 aromatic heterocycles. The van der Waals surface area contributed by atoms with E-state index in [-0.39, 0.29) is 23.2 Å². The Morgan fingerprint density at radius 3 is 2.42 bits per heavy atom. The van der Waals surface area contributed by atoms with Crippen LogP contribution in [0.4, 0.5) is 5.69 Å². The number of amides is 2. The number of hydrogen-bond donors (Lipinski definition) is 1. The Morgan fingerprint density at radius 1 is 1.08 bits per heavy atom. The number of carbonyl (C=O) groups is 2. The minimum Gasteiger partial charge on any atom is -0.494 e. The van der Waals surface area contributed by atoms with Crippen LogP contribution in [0.25, 0.3) is 0 Å². The number of unbranched alkanes of at least 4 members (excludes halogenated alkanes) is 1. The van der Waals surface area contributed by atoms with Crippen molar-refractivity contribution >= 4 is 17.5 Å². The number of nitrogens with one attached hydrogen (secondary N) is 1. The molecule has 0 saturated carbocycles. The van der Waals surface area contributed by atoms with Crippen molar-refractivity contribution in [3.63, 3.8) is 0 Å². The number of anilines is 1. The van der Waals surface area contributed by atoms with Crippen LogP contribution >= 0.6 is 0 Å². The molecule has 0 unspecified atom stereocenters. The lowest BCUT2D eigenvalue weighted by Gasteiger charge is -2.16. The summed E-state index contributed by atoms with van der Waals surface area (Å²) in [6.07, 6.45) is 1.94. The summed E-state index contributed by atoms with van der Waals surface area (Å²) >= 11 is 0. The minimum absolute atomic E-state index is 0.186. The Labute approximate surface area is 154 Å². The van der Waals surface area contributed by atoms with Crippen LogP contribution in [0.5, 0.6) is 5.75 Å². The van der Waals surface area contributed by atoms with E-state index in [1.165, 1.54) is 0 Å².